The summed E-state index contributed by atoms with van der Waals surface area (Å²) < 4.78 is 0. The summed E-state index contributed by atoms with van der Waals surface area (Å²) >= 11 is 11.8. The lowest BCUT2D eigenvalue weighted by molar-refractivity contribution is -0.0112. The molecule has 23 heavy (non-hydrogen) atoms. The molecule has 6 heteroatoms. The molecule has 1 heterocycles. The van der Waals surface area contributed by atoms with Gasteiger partial charge in [-0.25, -0.2) is 4.98 Å². The summed E-state index contributed by atoms with van der Waals surface area (Å²) in [4.78, 5) is 16.5. The van der Waals surface area contributed by atoms with E-state index in [-0.39, 0.29) is 22.3 Å². The second-order valence-electron chi connectivity index (χ2n) is 7.48. The minimum absolute atomic E-state index is 0.105. The molecule has 0 spiro atoms. The lowest BCUT2D eigenvalue weighted by Crippen LogP contribution is -2.45. The molecular formula is C17H20Cl2N2O2. The van der Waals surface area contributed by atoms with Gasteiger partial charge in [-0.3, -0.25) is 4.79 Å². The first kappa shape index (κ1) is 15.7. The van der Waals surface area contributed by atoms with Crippen LogP contribution in [0.1, 0.15) is 48.9 Å². The number of fused-ring (bicyclic) bond motifs is 2. The van der Waals surface area contributed by atoms with E-state index >= 15 is 0 Å². The smallest absolute Gasteiger partial charge is 0.254 e. The molecule has 5 atom stereocenters. The van der Waals surface area contributed by atoms with Gasteiger partial charge in [-0.05, 0) is 68.4 Å². The Balaban J connectivity index is 1.52. The molecule has 3 aliphatic carbocycles. The second-order valence-corrected chi connectivity index (χ2v) is 8.23. The van der Waals surface area contributed by atoms with Crippen molar-refractivity contribution < 1.29 is 9.90 Å². The molecule has 2 N–H and O–H groups in total. The fourth-order valence-electron chi connectivity index (χ4n) is 5.09. The van der Waals surface area contributed by atoms with E-state index in [4.69, 9.17) is 23.2 Å². The molecule has 0 aromatic carbocycles. The molecule has 124 valence electrons. The number of nitrogens with one attached hydrogen (secondary N) is 1. The van der Waals surface area contributed by atoms with Gasteiger partial charge in [0.25, 0.3) is 5.91 Å². The molecule has 3 bridgehead atoms. The molecular weight excluding hydrogens is 335 g/mol. The summed E-state index contributed by atoms with van der Waals surface area (Å²) in [5.41, 5.74) is -0.141. The Morgan fingerprint density at radius 2 is 1.91 bits per heavy atom. The number of nitrogens with zero attached hydrogens (tertiary/aromatic N) is 1. The van der Waals surface area contributed by atoms with Crippen LogP contribution in [0.25, 0.3) is 0 Å². The second kappa shape index (κ2) is 5.61. The number of hydrogen-bond acceptors (Lipinski definition) is 3. The van der Waals surface area contributed by atoms with Crippen molar-refractivity contribution in [1.82, 2.24) is 10.3 Å². The zero-order chi connectivity index (χ0) is 16.2. The van der Waals surface area contributed by atoms with Crippen LogP contribution in [0, 0.1) is 17.8 Å². The van der Waals surface area contributed by atoms with Gasteiger partial charge < -0.3 is 10.4 Å². The summed E-state index contributed by atoms with van der Waals surface area (Å²) in [6, 6.07) is 3.29. The molecule has 1 amide bonds. The van der Waals surface area contributed by atoms with Crippen molar-refractivity contribution in [3.05, 3.63) is 28.0 Å². The number of rotatable bonds is 2. The van der Waals surface area contributed by atoms with E-state index in [1.165, 1.54) is 0 Å². The summed E-state index contributed by atoms with van der Waals surface area (Å²) in [7, 11) is 0. The van der Waals surface area contributed by atoms with Crippen LogP contribution in [-0.2, 0) is 0 Å². The van der Waals surface area contributed by atoms with Gasteiger partial charge in [-0.2, -0.15) is 0 Å². The predicted molar refractivity (Wildman–Crippen MR) is 88.6 cm³/mol. The maximum atomic E-state index is 12.5. The minimum Gasteiger partial charge on any atom is -0.390 e. The maximum Gasteiger partial charge on any atom is 0.254 e. The van der Waals surface area contributed by atoms with Crippen LogP contribution in [0.5, 0.6) is 0 Å². The van der Waals surface area contributed by atoms with E-state index in [9.17, 15) is 9.90 Å². The Morgan fingerprint density at radius 3 is 2.70 bits per heavy atom. The van der Waals surface area contributed by atoms with E-state index < -0.39 is 5.60 Å². The highest BCUT2D eigenvalue weighted by molar-refractivity contribution is 6.34. The number of halogens is 2. The largest absolute Gasteiger partial charge is 0.390 e. The molecule has 4 nitrogen and oxygen atoms in total. The summed E-state index contributed by atoms with van der Waals surface area (Å²) in [5.74, 6) is 1.40. The average molecular weight is 355 g/mol. The number of aliphatic hydroxyl groups is 1. The molecule has 0 saturated heterocycles. The number of pyridine rings is 1. The Morgan fingerprint density at radius 1 is 1.17 bits per heavy atom. The van der Waals surface area contributed by atoms with Gasteiger partial charge in [0, 0.05) is 6.04 Å². The quantitative estimate of drug-likeness (QED) is 0.799. The van der Waals surface area contributed by atoms with Gasteiger partial charge in [0.05, 0.1) is 11.2 Å². The van der Waals surface area contributed by atoms with Crippen molar-refractivity contribution >= 4 is 29.1 Å². The Hall–Kier alpha value is -0.840. The highest BCUT2D eigenvalue weighted by atomic mass is 35.5. The van der Waals surface area contributed by atoms with Gasteiger partial charge >= 0.3 is 0 Å². The zero-order valence-corrected chi connectivity index (χ0v) is 14.3. The van der Waals surface area contributed by atoms with E-state index in [0.29, 0.717) is 23.3 Å². The SMILES string of the molecule is O=C(N[C@@H]1CCC2C[C@@]3(O)CC2CC1C3)c1ccc(Cl)nc1Cl. The molecule has 3 saturated carbocycles. The first-order valence-corrected chi connectivity index (χ1v) is 9.04. The Kier molecular flexibility index (Phi) is 3.82. The van der Waals surface area contributed by atoms with E-state index in [1.807, 2.05) is 0 Å². The van der Waals surface area contributed by atoms with Crippen molar-refractivity contribution in [2.45, 2.75) is 50.2 Å². The molecule has 1 aromatic rings. The van der Waals surface area contributed by atoms with Crippen LogP contribution < -0.4 is 5.32 Å². The third-order valence-corrected chi connectivity index (χ3v) is 6.49. The Bertz CT molecular complexity index is 653. The first-order chi connectivity index (χ1) is 10.9. The predicted octanol–water partition coefficient (Wildman–Crippen LogP) is 3.45. The van der Waals surface area contributed by atoms with Gasteiger partial charge in [-0.15, -0.1) is 0 Å². The number of hydrogen-bond donors (Lipinski definition) is 2. The molecule has 0 aliphatic heterocycles. The number of aromatic nitrogens is 1. The van der Waals surface area contributed by atoms with Gasteiger partial charge in [0.2, 0.25) is 0 Å². The number of amides is 1. The standard InChI is InChI=1S/C17H20Cl2N2O2/c18-14-4-2-12(15(19)21-14)16(22)20-13-3-1-9-6-17(23)7-10(9)5-11(13)8-17/h2,4,9-11,13,23H,1,3,5-8H2,(H,20,22)/t9?,10?,11?,13-,17-/m1/s1. The van der Waals surface area contributed by atoms with Crippen LogP contribution in [0.15, 0.2) is 12.1 Å². The van der Waals surface area contributed by atoms with Crippen LogP contribution >= 0.6 is 23.2 Å². The third-order valence-electron chi connectivity index (χ3n) is 5.99. The molecule has 3 aliphatic rings. The topological polar surface area (TPSA) is 62.2 Å². The minimum atomic E-state index is -0.499. The molecule has 4 rings (SSSR count). The third kappa shape index (κ3) is 2.86. The van der Waals surface area contributed by atoms with Crippen LogP contribution in [0.2, 0.25) is 10.3 Å². The summed E-state index contributed by atoms with van der Waals surface area (Å²) in [6.07, 6.45) is 5.87. The van der Waals surface area contributed by atoms with Gasteiger partial charge in [0.15, 0.2) is 0 Å². The van der Waals surface area contributed by atoms with E-state index in [2.05, 4.69) is 10.3 Å². The first-order valence-electron chi connectivity index (χ1n) is 8.29. The van der Waals surface area contributed by atoms with Crippen LogP contribution in [-0.4, -0.2) is 27.6 Å². The lowest BCUT2D eigenvalue weighted by Gasteiger charge is -2.37. The van der Waals surface area contributed by atoms with Crippen molar-refractivity contribution in [2.24, 2.45) is 17.8 Å². The van der Waals surface area contributed by atoms with Gasteiger partial charge in [-0.1, -0.05) is 23.2 Å². The fourth-order valence-corrected chi connectivity index (χ4v) is 5.52. The monoisotopic (exact) mass is 354 g/mol. The number of carbonyl (C=O) groups excluding carboxylic acids is 1. The lowest BCUT2D eigenvalue weighted by atomic mass is 9.75. The molecule has 3 fully saturated rings. The van der Waals surface area contributed by atoms with Crippen LogP contribution in [0.3, 0.4) is 0 Å². The van der Waals surface area contributed by atoms with Crippen molar-refractivity contribution in [1.29, 1.82) is 0 Å². The highest BCUT2D eigenvalue weighted by Crippen LogP contribution is 2.55. The van der Waals surface area contributed by atoms with E-state index in [0.717, 1.165) is 38.5 Å². The summed E-state index contributed by atoms with van der Waals surface area (Å²) in [6.45, 7) is 0. The Labute approximate surface area is 145 Å². The molecule has 0 radical (unpaired) electrons. The fraction of sp³-hybridized carbons (Fsp3) is 0.647. The number of carbonyl (C=O) groups is 1. The molecule has 1 aromatic heterocycles. The molecule has 3 unspecified atom stereocenters. The van der Waals surface area contributed by atoms with Crippen LogP contribution in [0.4, 0.5) is 0 Å². The summed E-state index contributed by atoms with van der Waals surface area (Å²) in [5, 5.41) is 14.3. The zero-order valence-electron chi connectivity index (χ0n) is 12.8. The van der Waals surface area contributed by atoms with Crippen molar-refractivity contribution in [3.8, 4) is 0 Å². The van der Waals surface area contributed by atoms with Crippen molar-refractivity contribution in [2.75, 3.05) is 0 Å². The van der Waals surface area contributed by atoms with Gasteiger partial charge in [0.1, 0.15) is 10.3 Å². The highest BCUT2D eigenvalue weighted by Gasteiger charge is 2.52. The maximum absolute atomic E-state index is 12.5. The normalized spacial score (nSPS) is 38.4. The average Bonchev–Trinajstić information content (AvgIpc) is 2.64. The van der Waals surface area contributed by atoms with Crippen molar-refractivity contribution in [3.63, 3.8) is 0 Å². The van der Waals surface area contributed by atoms with E-state index in [1.54, 1.807) is 12.1 Å².